The maximum atomic E-state index is 6.00. The molecule has 3 heteroatoms. The molecule has 3 nitrogen and oxygen atoms in total. The molecule has 0 bridgehead atoms. The fraction of sp³-hybridized carbons (Fsp3) is 0.647. The maximum Gasteiger partial charge on any atom is 0.119 e. The third-order valence-electron chi connectivity index (χ3n) is 3.73. The van der Waals surface area contributed by atoms with Crippen LogP contribution >= 0.6 is 0 Å². The molecule has 0 aliphatic carbocycles. The summed E-state index contributed by atoms with van der Waals surface area (Å²) in [6, 6.07) is 5.81. The van der Waals surface area contributed by atoms with Crippen molar-refractivity contribution >= 4 is 5.69 Å². The second-order valence-corrected chi connectivity index (χ2v) is 6.29. The highest BCUT2D eigenvalue weighted by Gasteiger charge is 2.16. The van der Waals surface area contributed by atoms with Gasteiger partial charge in [0.1, 0.15) is 5.75 Å². The van der Waals surface area contributed by atoms with Crippen LogP contribution in [0.5, 0.6) is 5.75 Å². The van der Waals surface area contributed by atoms with Crippen LogP contribution in [0.2, 0.25) is 0 Å². The predicted octanol–water partition coefficient (Wildman–Crippen LogP) is 3.97. The number of hydrogen-bond donors (Lipinski definition) is 2. The molecule has 0 atom stereocenters. The SMILES string of the molecule is CCCCCC(C)(C)CNCc1cc(OC)ccc1N. The second-order valence-electron chi connectivity index (χ2n) is 6.29. The zero-order valence-corrected chi connectivity index (χ0v) is 13.5. The molecule has 1 aromatic carbocycles. The summed E-state index contributed by atoms with van der Waals surface area (Å²) in [5, 5.41) is 3.53. The Morgan fingerprint density at radius 3 is 2.65 bits per heavy atom. The minimum Gasteiger partial charge on any atom is -0.497 e. The van der Waals surface area contributed by atoms with E-state index in [2.05, 4.69) is 26.1 Å². The van der Waals surface area contributed by atoms with E-state index in [0.717, 1.165) is 30.1 Å². The molecule has 0 heterocycles. The lowest BCUT2D eigenvalue weighted by Crippen LogP contribution is -2.29. The maximum absolute atomic E-state index is 6.00. The Bertz CT molecular complexity index is 402. The summed E-state index contributed by atoms with van der Waals surface area (Å²) >= 11 is 0. The molecule has 0 aromatic heterocycles. The number of nitrogen functional groups attached to an aromatic ring is 1. The largest absolute Gasteiger partial charge is 0.497 e. The van der Waals surface area contributed by atoms with Gasteiger partial charge in [0.15, 0.2) is 0 Å². The number of nitrogens with two attached hydrogens (primary N) is 1. The molecule has 0 radical (unpaired) electrons. The van der Waals surface area contributed by atoms with Crippen molar-refractivity contribution in [1.29, 1.82) is 0 Å². The van der Waals surface area contributed by atoms with Gasteiger partial charge < -0.3 is 15.8 Å². The van der Waals surface area contributed by atoms with Gasteiger partial charge >= 0.3 is 0 Å². The van der Waals surface area contributed by atoms with Crippen LogP contribution in [0.1, 0.15) is 52.0 Å². The predicted molar refractivity (Wildman–Crippen MR) is 87.0 cm³/mol. The highest BCUT2D eigenvalue weighted by atomic mass is 16.5. The molecule has 0 amide bonds. The molecule has 0 unspecified atom stereocenters. The van der Waals surface area contributed by atoms with Gasteiger partial charge in [0.25, 0.3) is 0 Å². The zero-order chi connectivity index (χ0) is 15.0. The van der Waals surface area contributed by atoms with Crippen molar-refractivity contribution in [3.8, 4) is 5.75 Å². The minimum absolute atomic E-state index is 0.336. The molecule has 0 fully saturated rings. The van der Waals surface area contributed by atoms with Gasteiger partial charge in [0.05, 0.1) is 7.11 Å². The Hall–Kier alpha value is -1.22. The average Bonchev–Trinajstić information content (AvgIpc) is 2.41. The molecule has 1 aromatic rings. The van der Waals surface area contributed by atoms with Gasteiger partial charge in [-0.3, -0.25) is 0 Å². The Morgan fingerprint density at radius 1 is 1.25 bits per heavy atom. The molecule has 114 valence electrons. The minimum atomic E-state index is 0.336. The summed E-state index contributed by atoms with van der Waals surface area (Å²) in [7, 11) is 1.68. The summed E-state index contributed by atoms with van der Waals surface area (Å²) in [5.41, 5.74) is 8.26. The van der Waals surface area contributed by atoms with E-state index in [1.807, 2.05) is 18.2 Å². The molecule has 0 aliphatic rings. The van der Waals surface area contributed by atoms with Crippen LogP contribution in [-0.4, -0.2) is 13.7 Å². The van der Waals surface area contributed by atoms with Crippen molar-refractivity contribution < 1.29 is 4.74 Å². The lowest BCUT2D eigenvalue weighted by atomic mass is 9.87. The van der Waals surface area contributed by atoms with Crippen molar-refractivity contribution in [3.63, 3.8) is 0 Å². The second kappa shape index (κ2) is 8.15. The summed E-state index contributed by atoms with van der Waals surface area (Å²) in [5.74, 6) is 0.859. The number of anilines is 1. The zero-order valence-electron chi connectivity index (χ0n) is 13.5. The van der Waals surface area contributed by atoms with Crippen LogP contribution in [-0.2, 0) is 6.54 Å². The monoisotopic (exact) mass is 278 g/mol. The number of ether oxygens (including phenoxy) is 1. The molecular weight excluding hydrogens is 248 g/mol. The number of rotatable bonds is 9. The smallest absolute Gasteiger partial charge is 0.119 e. The van der Waals surface area contributed by atoms with E-state index in [0.29, 0.717) is 5.41 Å². The third-order valence-corrected chi connectivity index (χ3v) is 3.73. The standard InChI is InChI=1S/C17H30N2O/c1-5-6-7-10-17(2,3)13-19-12-14-11-15(20-4)8-9-16(14)18/h8-9,11,19H,5-7,10,12-13,18H2,1-4H3. The topological polar surface area (TPSA) is 47.3 Å². The first-order valence-electron chi connectivity index (χ1n) is 7.61. The van der Waals surface area contributed by atoms with E-state index >= 15 is 0 Å². The quantitative estimate of drug-likeness (QED) is 0.530. The Labute approximate surface area is 123 Å². The first-order chi connectivity index (χ1) is 9.48. The van der Waals surface area contributed by atoms with Gasteiger partial charge in [0, 0.05) is 18.8 Å². The van der Waals surface area contributed by atoms with Gasteiger partial charge in [-0.15, -0.1) is 0 Å². The molecule has 0 saturated heterocycles. The van der Waals surface area contributed by atoms with E-state index in [1.165, 1.54) is 25.7 Å². The molecule has 20 heavy (non-hydrogen) atoms. The van der Waals surface area contributed by atoms with E-state index in [1.54, 1.807) is 7.11 Å². The lowest BCUT2D eigenvalue weighted by molar-refractivity contribution is 0.302. The number of benzene rings is 1. The van der Waals surface area contributed by atoms with Crippen LogP contribution in [0.15, 0.2) is 18.2 Å². The summed E-state index contributed by atoms with van der Waals surface area (Å²) in [4.78, 5) is 0. The van der Waals surface area contributed by atoms with Gasteiger partial charge in [-0.25, -0.2) is 0 Å². The van der Waals surface area contributed by atoms with Gasteiger partial charge in [-0.2, -0.15) is 0 Å². The van der Waals surface area contributed by atoms with E-state index in [9.17, 15) is 0 Å². The molecule has 1 rings (SSSR count). The Kier molecular flexibility index (Phi) is 6.86. The fourth-order valence-corrected chi connectivity index (χ4v) is 2.34. The van der Waals surface area contributed by atoms with Gasteiger partial charge in [-0.05, 0) is 35.6 Å². The van der Waals surface area contributed by atoms with Crippen molar-refractivity contribution in [2.75, 3.05) is 19.4 Å². The van der Waals surface area contributed by atoms with Crippen LogP contribution in [0.4, 0.5) is 5.69 Å². The fourth-order valence-electron chi connectivity index (χ4n) is 2.34. The van der Waals surface area contributed by atoms with Gasteiger partial charge in [0.2, 0.25) is 0 Å². The lowest BCUT2D eigenvalue weighted by Gasteiger charge is -2.25. The van der Waals surface area contributed by atoms with E-state index in [-0.39, 0.29) is 0 Å². The number of unbranched alkanes of at least 4 members (excludes halogenated alkanes) is 2. The number of nitrogens with one attached hydrogen (secondary N) is 1. The first kappa shape index (κ1) is 16.8. The van der Waals surface area contributed by atoms with Crippen molar-refractivity contribution in [2.24, 2.45) is 5.41 Å². The van der Waals surface area contributed by atoms with E-state index < -0.39 is 0 Å². The molecule has 0 saturated carbocycles. The third kappa shape index (κ3) is 5.83. The summed E-state index contributed by atoms with van der Waals surface area (Å²) < 4.78 is 5.24. The van der Waals surface area contributed by atoms with Gasteiger partial charge in [-0.1, -0.05) is 40.0 Å². The summed E-state index contributed by atoms with van der Waals surface area (Å²) in [6.07, 6.45) is 5.18. The van der Waals surface area contributed by atoms with Crippen LogP contribution < -0.4 is 15.8 Å². The van der Waals surface area contributed by atoms with E-state index in [4.69, 9.17) is 10.5 Å². The first-order valence-corrected chi connectivity index (χ1v) is 7.61. The molecular formula is C17H30N2O. The van der Waals surface area contributed by atoms with Crippen LogP contribution in [0.25, 0.3) is 0 Å². The van der Waals surface area contributed by atoms with Crippen molar-refractivity contribution in [1.82, 2.24) is 5.32 Å². The number of hydrogen-bond acceptors (Lipinski definition) is 3. The van der Waals surface area contributed by atoms with Crippen molar-refractivity contribution in [2.45, 2.75) is 53.0 Å². The normalized spacial score (nSPS) is 11.6. The van der Waals surface area contributed by atoms with Crippen molar-refractivity contribution in [3.05, 3.63) is 23.8 Å². The summed E-state index contributed by atoms with van der Waals surface area (Å²) in [6.45, 7) is 8.69. The molecule has 0 aliphatic heterocycles. The molecule has 3 N–H and O–H groups in total. The highest BCUT2D eigenvalue weighted by molar-refractivity contribution is 5.50. The number of methoxy groups -OCH3 is 1. The Morgan fingerprint density at radius 2 is 2.00 bits per heavy atom. The molecule has 0 spiro atoms. The Balaban J connectivity index is 2.43. The average molecular weight is 278 g/mol. The van der Waals surface area contributed by atoms with Crippen LogP contribution in [0, 0.1) is 5.41 Å². The van der Waals surface area contributed by atoms with Crippen LogP contribution in [0.3, 0.4) is 0 Å². The highest BCUT2D eigenvalue weighted by Crippen LogP contribution is 2.24.